The molecule has 0 unspecified atom stereocenters. The second kappa shape index (κ2) is 4.18. The standard InChI is InChI=1S/C15H14N3/c1-11-13-6-4-3-5-12(13)9-17-15(11)14-7-8-16-10-18(14)2/h3-10H,1-2H3/q+1. The monoisotopic (exact) mass is 236 g/mol. The summed E-state index contributed by atoms with van der Waals surface area (Å²) < 4.78 is 1.99. The predicted molar refractivity (Wildman–Crippen MR) is 70.9 cm³/mol. The molecule has 0 aliphatic rings. The van der Waals surface area contributed by atoms with E-state index in [0.29, 0.717) is 0 Å². The van der Waals surface area contributed by atoms with Gasteiger partial charge in [-0.2, -0.15) is 0 Å². The summed E-state index contributed by atoms with van der Waals surface area (Å²) >= 11 is 0. The first-order valence-electron chi connectivity index (χ1n) is 5.92. The van der Waals surface area contributed by atoms with Crippen molar-refractivity contribution in [2.45, 2.75) is 6.92 Å². The van der Waals surface area contributed by atoms with E-state index >= 15 is 0 Å². The molecule has 18 heavy (non-hydrogen) atoms. The molecular formula is C15H14N3+. The molecule has 0 saturated carbocycles. The fourth-order valence-corrected chi connectivity index (χ4v) is 2.25. The predicted octanol–water partition coefficient (Wildman–Crippen LogP) is 2.43. The fraction of sp³-hybridized carbons (Fsp3) is 0.133. The lowest BCUT2D eigenvalue weighted by molar-refractivity contribution is -0.663. The Balaban J connectivity index is 2.31. The van der Waals surface area contributed by atoms with Crippen LogP contribution in [0, 0.1) is 6.92 Å². The number of aromatic nitrogens is 3. The molecule has 0 aliphatic carbocycles. The number of pyridine rings is 1. The summed E-state index contributed by atoms with van der Waals surface area (Å²) in [5, 5.41) is 2.43. The van der Waals surface area contributed by atoms with Gasteiger partial charge >= 0.3 is 0 Å². The van der Waals surface area contributed by atoms with Gasteiger partial charge in [0.05, 0.1) is 7.05 Å². The van der Waals surface area contributed by atoms with Crippen molar-refractivity contribution in [2.24, 2.45) is 7.05 Å². The topological polar surface area (TPSA) is 29.7 Å². The van der Waals surface area contributed by atoms with E-state index in [4.69, 9.17) is 0 Å². The summed E-state index contributed by atoms with van der Waals surface area (Å²) in [5.41, 5.74) is 3.29. The zero-order valence-corrected chi connectivity index (χ0v) is 10.5. The normalized spacial score (nSPS) is 10.8. The van der Waals surface area contributed by atoms with E-state index in [1.807, 2.05) is 29.9 Å². The van der Waals surface area contributed by atoms with Gasteiger partial charge < -0.3 is 0 Å². The summed E-state index contributed by atoms with van der Waals surface area (Å²) in [5.74, 6) is 0. The van der Waals surface area contributed by atoms with Crippen molar-refractivity contribution in [2.75, 3.05) is 0 Å². The van der Waals surface area contributed by atoms with Gasteiger partial charge in [0.15, 0.2) is 5.69 Å². The molecule has 0 saturated heterocycles. The van der Waals surface area contributed by atoms with Gasteiger partial charge in [0.1, 0.15) is 11.9 Å². The van der Waals surface area contributed by atoms with Crippen molar-refractivity contribution in [1.29, 1.82) is 0 Å². The summed E-state index contributed by atoms with van der Waals surface area (Å²) in [6.07, 6.45) is 5.52. The van der Waals surface area contributed by atoms with Crippen molar-refractivity contribution in [3.05, 3.63) is 54.6 Å². The Morgan fingerprint density at radius 2 is 1.94 bits per heavy atom. The van der Waals surface area contributed by atoms with E-state index in [1.54, 1.807) is 12.5 Å². The third-order valence-electron chi connectivity index (χ3n) is 3.23. The van der Waals surface area contributed by atoms with Gasteiger partial charge in [-0.05, 0) is 17.9 Å². The summed E-state index contributed by atoms with van der Waals surface area (Å²) in [4.78, 5) is 8.69. The lowest BCUT2D eigenvalue weighted by Crippen LogP contribution is -2.31. The Hall–Kier alpha value is -2.29. The third-order valence-corrected chi connectivity index (χ3v) is 3.23. The fourth-order valence-electron chi connectivity index (χ4n) is 2.25. The number of fused-ring (bicyclic) bond motifs is 1. The Morgan fingerprint density at radius 3 is 2.78 bits per heavy atom. The molecule has 0 amide bonds. The first-order chi connectivity index (χ1) is 8.77. The van der Waals surface area contributed by atoms with Crippen LogP contribution in [0.2, 0.25) is 0 Å². The van der Waals surface area contributed by atoms with Crippen LogP contribution in [0.1, 0.15) is 5.56 Å². The smallest absolute Gasteiger partial charge is 0.251 e. The van der Waals surface area contributed by atoms with Gasteiger partial charge in [0.2, 0.25) is 0 Å². The van der Waals surface area contributed by atoms with E-state index in [0.717, 1.165) is 11.4 Å². The van der Waals surface area contributed by atoms with Gasteiger partial charge in [-0.1, -0.05) is 29.2 Å². The lowest BCUT2D eigenvalue weighted by Gasteiger charge is -2.07. The number of hydrogen-bond acceptors (Lipinski definition) is 2. The maximum atomic E-state index is 4.59. The second-order valence-corrected chi connectivity index (χ2v) is 4.40. The number of nitrogens with zero attached hydrogens (tertiary/aromatic N) is 3. The molecule has 0 radical (unpaired) electrons. The van der Waals surface area contributed by atoms with Crippen LogP contribution in [0.25, 0.3) is 22.2 Å². The largest absolute Gasteiger partial charge is 0.286 e. The van der Waals surface area contributed by atoms with Crippen LogP contribution in [0.3, 0.4) is 0 Å². The van der Waals surface area contributed by atoms with E-state index < -0.39 is 0 Å². The number of aryl methyl sites for hydroxylation is 2. The molecule has 0 aliphatic heterocycles. The van der Waals surface area contributed by atoms with Crippen molar-refractivity contribution >= 4 is 10.8 Å². The molecule has 1 aromatic carbocycles. The first kappa shape index (κ1) is 10.8. The SMILES string of the molecule is Cc1c(-c2ccnc[n+]2C)ncc2ccccc12. The van der Waals surface area contributed by atoms with Crippen molar-refractivity contribution in [3.8, 4) is 11.4 Å². The van der Waals surface area contributed by atoms with Crippen LogP contribution in [-0.4, -0.2) is 9.97 Å². The Bertz CT molecular complexity index is 720. The molecule has 0 fully saturated rings. The highest BCUT2D eigenvalue weighted by Gasteiger charge is 2.12. The lowest BCUT2D eigenvalue weighted by atomic mass is 10.0. The molecule has 0 bridgehead atoms. The Labute approximate surface area is 106 Å². The summed E-state index contributed by atoms with van der Waals surface area (Å²) in [6.45, 7) is 2.12. The van der Waals surface area contributed by atoms with Crippen molar-refractivity contribution in [3.63, 3.8) is 0 Å². The average molecular weight is 236 g/mol. The van der Waals surface area contributed by atoms with Crippen LogP contribution < -0.4 is 4.57 Å². The number of rotatable bonds is 1. The van der Waals surface area contributed by atoms with Gasteiger partial charge in [-0.25, -0.2) is 4.57 Å². The van der Waals surface area contributed by atoms with E-state index in [9.17, 15) is 0 Å². The maximum Gasteiger partial charge on any atom is 0.286 e. The molecule has 2 aromatic heterocycles. The minimum Gasteiger partial charge on any atom is -0.251 e. The molecule has 0 spiro atoms. The average Bonchev–Trinajstić information content (AvgIpc) is 2.41. The minimum absolute atomic E-state index is 1.01. The van der Waals surface area contributed by atoms with Crippen LogP contribution in [-0.2, 0) is 7.05 Å². The van der Waals surface area contributed by atoms with Gasteiger partial charge in [-0.3, -0.25) is 4.98 Å². The highest BCUT2D eigenvalue weighted by Crippen LogP contribution is 2.24. The van der Waals surface area contributed by atoms with E-state index in [1.165, 1.54) is 16.3 Å². The first-order valence-corrected chi connectivity index (χ1v) is 5.92. The second-order valence-electron chi connectivity index (χ2n) is 4.40. The van der Waals surface area contributed by atoms with E-state index in [-0.39, 0.29) is 0 Å². The Morgan fingerprint density at radius 1 is 1.11 bits per heavy atom. The minimum atomic E-state index is 1.01. The Kier molecular flexibility index (Phi) is 2.52. The number of hydrogen-bond donors (Lipinski definition) is 0. The van der Waals surface area contributed by atoms with Crippen molar-refractivity contribution < 1.29 is 4.57 Å². The van der Waals surface area contributed by atoms with Crippen LogP contribution in [0.4, 0.5) is 0 Å². The molecule has 2 heterocycles. The highest BCUT2D eigenvalue weighted by atomic mass is 15.0. The summed E-state index contributed by atoms with van der Waals surface area (Å²) in [6, 6.07) is 10.3. The molecule has 0 N–H and O–H groups in total. The van der Waals surface area contributed by atoms with Gasteiger partial charge in [0.25, 0.3) is 6.33 Å². The molecule has 3 aromatic rings. The zero-order valence-electron chi connectivity index (χ0n) is 10.5. The molecule has 88 valence electrons. The van der Waals surface area contributed by atoms with Crippen LogP contribution in [0.15, 0.2) is 49.1 Å². The quantitative estimate of drug-likeness (QED) is 0.607. The van der Waals surface area contributed by atoms with Crippen LogP contribution in [0.5, 0.6) is 0 Å². The maximum absolute atomic E-state index is 4.59. The third kappa shape index (κ3) is 1.64. The molecule has 3 nitrogen and oxygen atoms in total. The van der Waals surface area contributed by atoms with Crippen molar-refractivity contribution in [1.82, 2.24) is 9.97 Å². The van der Waals surface area contributed by atoms with E-state index in [2.05, 4.69) is 35.1 Å². The molecule has 0 atom stereocenters. The van der Waals surface area contributed by atoms with Crippen LogP contribution >= 0.6 is 0 Å². The number of benzene rings is 1. The summed E-state index contributed by atoms with van der Waals surface area (Å²) in [7, 11) is 1.98. The molecule has 3 heteroatoms. The van der Waals surface area contributed by atoms with Gasteiger partial charge in [-0.15, -0.1) is 0 Å². The molecule has 3 rings (SSSR count). The zero-order chi connectivity index (χ0) is 12.5. The molecular weight excluding hydrogens is 222 g/mol. The highest BCUT2D eigenvalue weighted by molar-refractivity contribution is 5.88. The van der Waals surface area contributed by atoms with Gasteiger partial charge in [0, 0.05) is 17.6 Å².